The zero-order valence-electron chi connectivity index (χ0n) is 27.2. The SMILES string of the molecule is CC(CCC(=O)OCOC(=O)CNC(=O)CC[C@@H](C)C1CCC2C3CCC4CCCCC4(C)C3CCC21C)C(=O)O.CO. The molecule has 0 heterocycles. The minimum atomic E-state index is -0.978. The van der Waals surface area contributed by atoms with E-state index in [-0.39, 0.29) is 25.3 Å². The van der Waals surface area contributed by atoms with Gasteiger partial charge < -0.3 is 25.0 Å². The van der Waals surface area contributed by atoms with E-state index >= 15 is 0 Å². The number of amides is 1. The van der Waals surface area contributed by atoms with Crippen molar-refractivity contribution in [2.45, 2.75) is 118 Å². The predicted molar refractivity (Wildman–Crippen MR) is 162 cm³/mol. The van der Waals surface area contributed by atoms with Crippen molar-refractivity contribution in [3.05, 3.63) is 0 Å². The first-order chi connectivity index (χ1) is 20.5. The van der Waals surface area contributed by atoms with Crippen LogP contribution in [0.15, 0.2) is 0 Å². The number of carboxylic acid groups (broad SMARTS) is 1. The van der Waals surface area contributed by atoms with Crippen LogP contribution < -0.4 is 5.32 Å². The van der Waals surface area contributed by atoms with Gasteiger partial charge in [0.15, 0.2) is 0 Å². The van der Waals surface area contributed by atoms with Crippen LogP contribution in [0.1, 0.15) is 118 Å². The van der Waals surface area contributed by atoms with Crippen LogP contribution in [0, 0.1) is 52.3 Å². The first kappa shape index (κ1) is 35.3. The van der Waals surface area contributed by atoms with E-state index in [9.17, 15) is 19.2 Å². The number of aliphatic hydroxyl groups excluding tert-OH is 1. The minimum absolute atomic E-state index is 0.0677. The Morgan fingerprint density at radius 2 is 1.51 bits per heavy atom. The standard InChI is InChI=1S/C33H53NO7.CH4O/c1-21(8-14-28(35)34-19-30(37)41-20-40-29(36)15-9-22(2)31(38)39)25-12-13-26-24-11-10-23-7-5-6-17-32(23,3)27(24)16-18-33(25,26)4;1-2/h21-27H,5-20H2,1-4H3,(H,34,35)(H,38,39);2H,1H3/t21-,22?,23?,24?,25?,26?,27?,32?,33?;/m1./s1. The highest BCUT2D eigenvalue weighted by Crippen LogP contribution is 2.68. The van der Waals surface area contributed by atoms with Gasteiger partial charge in [-0.2, -0.15) is 0 Å². The number of esters is 2. The summed E-state index contributed by atoms with van der Waals surface area (Å²) in [5, 5.41) is 18.5. The van der Waals surface area contributed by atoms with E-state index in [0.29, 0.717) is 29.1 Å². The highest BCUT2D eigenvalue weighted by atomic mass is 16.7. The second-order valence-electron chi connectivity index (χ2n) is 14.4. The first-order valence-corrected chi connectivity index (χ1v) is 16.7. The van der Waals surface area contributed by atoms with E-state index in [0.717, 1.165) is 37.2 Å². The fourth-order valence-corrected chi connectivity index (χ4v) is 9.83. The van der Waals surface area contributed by atoms with Gasteiger partial charge in [0.25, 0.3) is 0 Å². The van der Waals surface area contributed by atoms with Crippen molar-refractivity contribution in [1.82, 2.24) is 5.32 Å². The van der Waals surface area contributed by atoms with Gasteiger partial charge in [0, 0.05) is 20.0 Å². The fourth-order valence-electron chi connectivity index (χ4n) is 9.83. The lowest BCUT2D eigenvalue weighted by Gasteiger charge is -2.61. The van der Waals surface area contributed by atoms with Crippen LogP contribution in [0.2, 0.25) is 0 Å². The van der Waals surface area contributed by atoms with E-state index in [1.807, 2.05) is 0 Å². The van der Waals surface area contributed by atoms with Crippen molar-refractivity contribution in [3.63, 3.8) is 0 Å². The van der Waals surface area contributed by atoms with Crippen LogP contribution in [-0.4, -0.2) is 54.5 Å². The molecular weight excluding hydrogens is 550 g/mol. The van der Waals surface area contributed by atoms with Crippen molar-refractivity contribution >= 4 is 23.8 Å². The predicted octanol–water partition coefficient (Wildman–Crippen LogP) is 5.72. The van der Waals surface area contributed by atoms with Crippen LogP contribution >= 0.6 is 0 Å². The van der Waals surface area contributed by atoms with E-state index in [4.69, 9.17) is 19.7 Å². The Morgan fingerprint density at radius 1 is 0.814 bits per heavy atom. The van der Waals surface area contributed by atoms with Gasteiger partial charge in [-0.3, -0.25) is 19.2 Å². The number of hydrogen-bond acceptors (Lipinski definition) is 7. The molecule has 246 valence electrons. The van der Waals surface area contributed by atoms with Gasteiger partial charge in [-0.15, -0.1) is 0 Å². The van der Waals surface area contributed by atoms with E-state index in [1.54, 1.807) is 0 Å². The Hall–Kier alpha value is -2.16. The van der Waals surface area contributed by atoms with Gasteiger partial charge >= 0.3 is 17.9 Å². The third-order valence-corrected chi connectivity index (χ3v) is 12.2. The topological polar surface area (TPSA) is 139 Å². The van der Waals surface area contributed by atoms with Crippen molar-refractivity contribution in [1.29, 1.82) is 0 Å². The number of ether oxygens (including phenoxy) is 2. The largest absolute Gasteiger partial charge is 0.481 e. The molecule has 9 nitrogen and oxygen atoms in total. The van der Waals surface area contributed by atoms with Gasteiger partial charge in [0.1, 0.15) is 6.54 Å². The molecule has 0 saturated heterocycles. The van der Waals surface area contributed by atoms with Gasteiger partial charge in [-0.05, 0) is 111 Å². The zero-order valence-corrected chi connectivity index (χ0v) is 27.2. The summed E-state index contributed by atoms with van der Waals surface area (Å²) in [7, 11) is 1.00. The molecule has 4 aliphatic rings. The van der Waals surface area contributed by atoms with Crippen molar-refractivity contribution in [2.75, 3.05) is 20.4 Å². The lowest BCUT2D eigenvalue weighted by molar-refractivity contribution is -0.167. The van der Waals surface area contributed by atoms with Gasteiger partial charge in [-0.1, -0.05) is 40.5 Å². The van der Waals surface area contributed by atoms with Gasteiger partial charge in [0.2, 0.25) is 12.7 Å². The molecule has 9 heteroatoms. The average molecular weight is 608 g/mol. The fraction of sp³-hybridized carbons (Fsp3) is 0.882. The van der Waals surface area contributed by atoms with Gasteiger partial charge in [-0.25, -0.2) is 0 Å². The molecular formula is C34H57NO8. The smallest absolute Gasteiger partial charge is 0.328 e. The number of nitrogens with one attached hydrogen (secondary N) is 1. The van der Waals surface area contributed by atoms with Crippen molar-refractivity contribution < 1.29 is 38.9 Å². The minimum Gasteiger partial charge on any atom is -0.481 e. The zero-order chi connectivity index (χ0) is 31.8. The van der Waals surface area contributed by atoms with Gasteiger partial charge in [0.05, 0.1) is 5.92 Å². The molecule has 0 aromatic heterocycles. The molecule has 3 N–H and O–H groups in total. The molecule has 0 bridgehead atoms. The molecule has 4 rings (SSSR count). The monoisotopic (exact) mass is 607 g/mol. The molecule has 0 aromatic carbocycles. The highest BCUT2D eigenvalue weighted by Gasteiger charge is 2.60. The Kier molecular flexibility index (Phi) is 12.9. The maximum Gasteiger partial charge on any atom is 0.328 e. The molecule has 0 aromatic rings. The normalized spacial score (nSPS) is 34.1. The summed E-state index contributed by atoms with van der Waals surface area (Å²) in [6.45, 7) is 8.21. The highest BCUT2D eigenvalue weighted by molar-refractivity contribution is 5.81. The summed E-state index contributed by atoms with van der Waals surface area (Å²) in [4.78, 5) is 46.9. The third-order valence-electron chi connectivity index (χ3n) is 12.2. The summed E-state index contributed by atoms with van der Waals surface area (Å²) in [6.07, 6.45) is 15.2. The first-order valence-electron chi connectivity index (χ1n) is 16.7. The van der Waals surface area contributed by atoms with Crippen LogP contribution in [0.5, 0.6) is 0 Å². The number of carbonyl (C=O) groups is 4. The Balaban J connectivity index is 0.00000248. The third kappa shape index (κ3) is 8.31. The molecule has 1 amide bonds. The van der Waals surface area contributed by atoms with Crippen molar-refractivity contribution in [2.24, 2.45) is 52.3 Å². The lowest BCUT2D eigenvalue weighted by atomic mass is 9.44. The Bertz CT molecular complexity index is 970. The maximum atomic E-state index is 12.5. The second-order valence-corrected chi connectivity index (χ2v) is 14.4. The number of hydrogen-bond donors (Lipinski definition) is 3. The molecule has 9 atom stereocenters. The molecule has 4 aliphatic carbocycles. The van der Waals surface area contributed by atoms with Crippen LogP contribution in [0.3, 0.4) is 0 Å². The summed E-state index contributed by atoms with van der Waals surface area (Å²) in [6, 6.07) is 0. The number of rotatable bonds is 12. The lowest BCUT2D eigenvalue weighted by Crippen LogP contribution is -2.53. The molecule has 8 unspecified atom stereocenters. The van der Waals surface area contributed by atoms with Crippen LogP contribution in [-0.2, 0) is 28.7 Å². The Labute approximate surface area is 258 Å². The molecule has 0 aliphatic heterocycles. The van der Waals surface area contributed by atoms with Crippen molar-refractivity contribution in [3.8, 4) is 0 Å². The maximum absolute atomic E-state index is 12.5. The summed E-state index contributed by atoms with van der Waals surface area (Å²) in [5.74, 6) is 1.57. The number of carboxylic acids is 1. The van der Waals surface area contributed by atoms with E-state index in [2.05, 4.69) is 26.1 Å². The molecule has 4 fully saturated rings. The van der Waals surface area contributed by atoms with Crippen LogP contribution in [0.25, 0.3) is 0 Å². The number of aliphatic carboxylic acids is 1. The molecule has 4 saturated carbocycles. The molecule has 43 heavy (non-hydrogen) atoms. The quantitative estimate of drug-likeness (QED) is 0.189. The summed E-state index contributed by atoms with van der Waals surface area (Å²) in [5.41, 5.74) is 0.940. The summed E-state index contributed by atoms with van der Waals surface area (Å²) >= 11 is 0. The number of carbonyl (C=O) groups excluding carboxylic acids is 3. The van der Waals surface area contributed by atoms with E-state index in [1.165, 1.54) is 71.1 Å². The average Bonchev–Trinajstić information content (AvgIpc) is 3.35. The number of aliphatic hydroxyl groups is 1. The number of fused-ring (bicyclic) bond motifs is 5. The van der Waals surface area contributed by atoms with E-state index < -0.39 is 30.6 Å². The summed E-state index contributed by atoms with van der Waals surface area (Å²) < 4.78 is 9.68. The Morgan fingerprint density at radius 3 is 2.23 bits per heavy atom. The second kappa shape index (κ2) is 15.7. The van der Waals surface area contributed by atoms with Crippen LogP contribution in [0.4, 0.5) is 0 Å². The molecule has 0 radical (unpaired) electrons. The molecule has 0 spiro atoms.